The SMILES string of the molecule is N#CC1=C(C(=O)c2ccccc2)[C@H](c2cccc(Cl)c2)[C@]2(c3ccccc3)C3[C@@H](c4cccc(Cl)c4)[C@@]3(C#N)C(=O)N2C1=N. The number of halogens is 2. The molecule has 44 heavy (non-hydrogen) atoms. The van der Waals surface area contributed by atoms with Crippen LogP contribution >= 0.6 is 23.2 Å². The minimum Gasteiger partial charge on any atom is -0.289 e. The summed E-state index contributed by atoms with van der Waals surface area (Å²) in [7, 11) is 0. The van der Waals surface area contributed by atoms with Crippen LogP contribution in [0.25, 0.3) is 0 Å². The summed E-state index contributed by atoms with van der Waals surface area (Å²) in [5.74, 6) is -3.64. The Morgan fingerprint density at radius 3 is 2.00 bits per heavy atom. The van der Waals surface area contributed by atoms with E-state index in [4.69, 9.17) is 23.2 Å². The average Bonchev–Trinajstić information content (AvgIpc) is 3.68. The molecular formula is C36H22Cl2N4O2. The minimum absolute atomic E-state index is 0.0874. The van der Waals surface area contributed by atoms with Crippen molar-refractivity contribution in [3.05, 3.63) is 153 Å². The summed E-state index contributed by atoms with van der Waals surface area (Å²) in [6.07, 6.45) is 0. The van der Waals surface area contributed by atoms with Crippen molar-refractivity contribution in [2.24, 2.45) is 11.3 Å². The van der Waals surface area contributed by atoms with Crippen LogP contribution in [0.5, 0.6) is 0 Å². The van der Waals surface area contributed by atoms with Gasteiger partial charge in [0.15, 0.2) is 5.78 Å². The lowest BCUT2D eigenvalue weighted by Gasteiger charge is -2.51. The van der Waals surface area contributed by atoms with E-state index < -0.39 is 46.2 Å². The molecule has 0 bridgehead atoms. The van der Waals surface area contributed by atoms with Gasteiger partial charge in [-0.2, -0.15) is 10.5 Å². The van der Waals surface area contributed by atoms with E-state index >= 15 is 0 Å². The standard InChI is InChI=1S/C36H22Cl2N4O2/c37-25-15-7-11-22(17-25)29-28(31(43)21-9-3-1-4-10-21)27(19-39)33(41)42-34(44)35(20-40)30(23-12-8-16-26(38)18-23)32(35)36(29,42)24-13-5-2-6-14-24/h1-18,29-30,32,41H/t29-,30+,32?,35+,36+/m0/s1. The Labute approximate surface area is 263 Å². The normalized spacial score (nSPS) is 26.8. The fraction of sp³-hybridized carbons (Fsp3) is 0.139. The van der Waals surface area contributed by atoms with E-state index in [-0.39, 0.29) is 11.1 Å². The van der Waals surface area contributed by atoms with Crippen molar-refractivity contribution in [3.63, 3.8) is 0 Å². The van der Waals surface area contributed by atoms with Crippen LogP contribution in [0.4, 0.5) is 0 Å². The molecule has 8 heteroatoms. The predicted molar refractivity (Wildman–Crippen MR) is 166 cm³/mol. The molecule has 1 saturated heterocycles. The van der Waals surface area contributed by atoms with Gasteiger partial charge in [0.25, 0.3) is 5.91 Å². The van der Waals surface area contributed by atoms with E-state index in [9.17, 15) is 25.5 Å². The summed E-state index contributed by atoms with van der Waals surface area (Å²) in [6, 6.07) is 36.4. The Balaban J connectivity index is 1.62. The van der Waals surface area contributed by atoms with Crippen LogP contribution in [0.2, 0.25) is 10.0 Å². The number of hydrogen-bond acceptors (Lipinski definition) is 5. The smallest absolute Gasteiger partial charge is 0.250 e. The Morgan fingerprint density at radius 2 is 1.41 bits per heavy atom. The van der Waals surface area contributed by atoms with Gasteiger partial charge in [0.05, 0.1) is 11.6 Å². The molecule has 1 amide bonds. The highest BCUT2D eigenvalue weighted by Gasteiger charge is 2.87. The van der Waals surface area contributed by atoms with Crippen LogP contribution < -0.4 is 0 Å². The number of nitrogens with zero attached hydrogens (tertiary/aromatic N) is 3. The van der Waals surface area contributed by atoms with Gasteiger partial charge in [-0.15, -0.1) is 0 Å². The van der Waals surface area contributed by atoms with E-state index in [1.165, 1.54) is 4.90 Å². The molecule has 1 unspecified atom stereocenters. The summed E-state index contributed by atoms with van der Waals surface area (Å²) in [4.78, 5) is 30.6. The summed E-state index contributed by atoms with van der Waals surface area (Å²) in [5.41, 5.74) is -0.825. The molecule has 6 nitrogen and oxygen atoms in total. The highest BCUT2D eigenvalue weighted by atomic mass is 35.5. The molecule has 7 rings (SSSR count). The topological polar surface area (TPSA) is 109 Å². The summed E-state index contributed by atoms with van der Waals surface area (Å²) in [5, 5.41) is 31.6. The van der Waals surface area contributed by atoms with E-state index in [1.807, 2.05) is 42.5 Å². The lowest BCUT2D eigenvalue weighted by molar-refractivity contribution is -0.132. The largest absolute Gasteiger partial charge is 0.289 e. The Hall–Kier alpha value is -5.01. The summed E-state index contributed by atoms with van der Waals surface area (Å²) in [6.45, 7) is 0. The number of nitriles is 2. The monoisotopic (exact) mass is 612 g/mol. The first kappa shape index (κ1) is 27.8. The van der Waals surface area contributed by atoms with E-state index in [1.54, 1.807) is 66.7 Å². The van der Waals surface area contributed by atoms with Gasteiger partial charge >= 0.3 is 0 Å². The maximum atomic E-state index is 14.7. The first-order chi connectivity index (χ1) is 21.3. The third-order valence-electron chi connectivity index (χ3n) is 9.27. The molecular weight excluding hydrogens is 591 g/mol. The molecule has 0 spiro atoms. The van der Waals surface area contributed by atoms with Crippen molar-refractivity contribution < 1.29 is 9.59 Å². The van der Waals surface area contributed by atoms with Gasteiger partial charge in [0, 0.05) is 38.9 Å². The summed E-state index contributed by atoms with van der Waals surface area (Å²) < 4.78 is 0. The molecule has 2 aliphatic heterocycles. The van der Waals surface area contributed by atoms with Gasteiger partial charge in [-0.1, -0.05) is 108 Å². The molecule has 1 saturated carbocycles. The second-order valence-electron chi connectivity index (χ2n) is 11.3. The predicted octanol–water partition coefficient (Wildman–Crippen LogP) is 7.43. The van der Waals surface area contributed by atoms with Crippen molar-refractivity contribution in [2.75, 3.05) is 0 Å². The molecule has 4 aromatic carbocycles. The fourth-order valence-electron chi connectivity index (χ4n) is 7.68. The van der Waals surface area contributed by atoms with Gasteiger partial charge < -0.3 is 0 Å². The molecule has 4 aromatic rings. The second-order valence-corrected chi connectivity index (χ2v) is 12.1. The molecule has 5 atom stereocenters. The lowest BCUT2D eigenvalue weighted by Crippen LogP contribution is -2.58. The van der Waals surface area contributed by atoms with Crippen molar-refractivity contribution >= 4 is 40.7 Å². The molecule has 212 valence electrons. The zero-order chi connectivity index (χ0) is 30.8. The number of rotatable bonds is 5. The number of benzene rings is 4. The molecule has 1 aliphatic carbocycles. The van der Waals surface area contributed by atoms with Crippen LogP contribution in [0, 0.1) is 39.4 Å². The molecule has 3 aliphatic rings. The molecule has 0 radical (unpaired) electrons. The Bertz CT molecular complexity index is 2010. The number of carbonyl (C=O) groups excluding carboxylic acids is 2. The van der Waals surface area contributed by atoms with Crippen molar-refractivity contribution in [2.45, 2.75) is 17.4 Å². The van der Waals surface area contributed by atoms with Crippen molar-refractivity contribution in [1.29, 1.82) is 15.9 Å². The molecule has 2 heterocycles. The average molecular weight is 614 g/mol. The third kappa shape index (κ3) is 3.56. The quantitative estimate of drug-likeness (QED) is 0.236. The first-order valence-corrected chi connectivity index (χ1v) is 14.7. The van der Waals surface area contributed by atoms with Crippen LogP contribution in [-0.2, 0) is 10.3 Å². The Morgan fingerprint density at radius 1 is 0.818 bits per heavy atom. The molecule has 0 aromatic heterocycles. The van der Waals surface area contributed by atoms with Crippen LogP contribution in [0.1, 0.15) is 38.9 Å². The van der Waals surface area contributed by atoms with Crippen LogP contribution in [0.3, 0.4) is 0 Å². The van der Waals surface area contributed by atoms with Gasteiger partial charge in [0.1, 0.15) is 22.9 Å². The van der Waals surface area contributed by atoms with Gasteiger partial charge in [-0.05, 0) is 41.0 Å². The number of amidine groups is 1. The number of ketones is 1. The number of hydrogen-bond donors (Lipinski definition) is 1. The maximum absolute atomic E-state index is 14.7. The third-order valence-corrected chi connectivity index (χ3v) is 9.74. The van der Waals surface area contributed by atoms with E-state index in [0.29, 0.717) is 26.7 Å². The Kier molecular flexibility index (Phi) is 6.34. The fourth-order valence-corrected chi connectivity index (χ4v) is 8.08. The number of fused-ring (bicyclic) bond motifs is 3. The lowest BCUT2D eigenvalue weighted by atomic mass is 9.62. The first-order valence-electron chi connectivity index (χ1n) is 14.0. The molecule has 2 fully saturated rings. The molecule has 1 N–H and O–H groups in total. The number of nitrogens with one attached hydrogen (secondary N) is 1. The van der Waals surface area contributed by atoms with Crippen molar-refractivity contribution in [1.82, 2.24) is 4.90 Å². The van der Waals surface area contributed by atoms with Crippen LogP contribution in [-0.4, -0.2) is 22.4 Å². The number of amides is 1. The second kappa shape index (κ2) is 10.0. The number of piperidine rings is 1. The zero-order valence-corrected chi connectivity index (χ0v) is 24.6. The van der Waals surface area contributed by atoms with Crippen molar-refractivity contribution in [3.8, 4) is 12.1 Å². The zero-order valence-electron chi connectivity index (χ0n) is 23.0. The minimum atomic E-state index is -1.56. The van der Waals surface area contributed by atoms with Gasteiger partial charge in [-0.3, -0.25) is 19.9 Å². The maximum Gasteiger partial charge on any atom is 0.250 e. The van der Waals surface area contributed by atoms with Gasteiger partial charge in [-0.25, -0.2) is 0 Å². The van der Waals surface area contributed by atoms with Crippen LogP contribution in [0.15, 0.2) is 120 Å². The van der Waals surface area contributed by atoms with Gasteiger partial charge in [0.2, 0.25) is 0 Å². The summed E-state index contributed by atoms with van der Waals surface area (Å²) >= 11 is 13.0. The van der Waals surface area contributed by atoms with E-state index in [0.717, 1.165) is 5.56 Å². The highest BCUT2D eigenvalue weighted by molar-refractivity contribution is 6.31. The number of Topliss-reactive ketones (excluding diaryl/α,β-unsaturated/α-hetero) is 1. The number of carbonyl (C=O) groups is 2. The highest BCUT2D eigenvalue weighted by Crippen LogP contribution is 2.80. The van der Waals surface area contributed by atoms with E-state index in [2.05, 4.69) is 12.1 Å².